The molecule has 1 aromatic carbocycles. The van der Waals surface area contributed by atoms with Gasteiger partial charge in [-0.3, -0.25) is 0 Å². The monoisotopic (exact) mass is 245 g/mol. The molecule has 1 unspecified atom stereocenters. The van der Waals surface area contributed by atoms with E-state index < -0.39 is 0 Å². The van der Waals surface area contributed by atoms with Crippen LogP contribution in [0.3, 0.4) is 0 Å². The first-order valence-corrected chi connectivity index (χ1v) is 6.00. The van der Waals surface area contributed by atoms with Crippen molar-refractivity contribution in [2.45, 2.75) is 26.8 Å². The number of ether oxygens (including phenoxy) is 1. The van der Waals surface area contributed by atoms with Crippen LogP contribution in [-0.2, 0) is 0 Å². The van der Waals surface area contributed by atoms with Crippen LogP contribution in [0.15, 0.2) is 28.7 Å². The Kier molecular flexibility index (Phi) is 3.43. The topological polar surface area (TPSA) is 48.4 Å². The van der Waals surface area contributed by atoms with Gasteiger partial charge in [0.05, 0.1) is 13.2 Å². The molecule has 0 saturated heterocycles. The predicted octanol–water partition coefficient (Wildman–Crippen LogP) is 3.26. The van der Waals surface area contributed by atoms with Crippen LogP contribution in [0, 0.1) is 20.8 Å². The summed E-state index contributed by atoms with van der Waals surface area (Å²) in [6.07, 6.45) is 0. The van der Waals surface area contributed by atoms with Gasteiger partial charge in [-0.25, -0.2) is 0 Å². The Labute approximate surface area is 108 Å². The molecular formula is C15H19NO2. The van der Waals surface area contributed by atoms with E-state index in [1.807, 2.05) is 32.0 Å². The molecule has 1 heterocycles. The van der Waals surface area contributed by atoms with E-state index in [1.165, 1.54) is 5.56 Å². The minimum absolute atomic E-state index is 0.298. The van der Waals surface area contributed by atoms with Crippen LogP contribution < -0.4 is 10.5 Å². The lowest BCUT2D eigenvalue weighted by atomic mass is 9.98. The number of rotatable bonds is 3. The molecule has 2 N–H and O–H groups in total. The third kappa shape index (κ3) is 2.14. The first-order valence-electron chi connectivity index (χ1n) is 6.00. The first-order chi connectivity index (χ1) is 8.54. The molecule has 3 nitrogen and oxygen atoms in total. The molecule has 18 heavy (non-hydrogen) atoms. The van der Waals surface area contributed by atoms with Gasteiger partial charge in [0.2, 0.25) is 0 Å². The number of hydrogen-bond acceptors (Lipinski definition) is 3. The van der Waals surface area contributed by atoms with Gasteiger partial charge in [-0.1, -0.05) is 12.1 Å². The average Bonchev–Trinajstić information content (AvgIpc) is 2.78. The highest BCUT2D eigenvalue weighted by Crippen LogP contribution is 2.33. The lowest BCUT2D eigenvalue weighted by Gasteiger charge is -2.17. The normalized spacial score (nSPS) is 12.5. The average molecular weight is 245 g/mol. The van der Waals surface area contributed by atoms with E-state index in [0.29, 0.717) is 0 Å². The fourth-order valence-electron chi connectivity index (χ4n) is 2.10. The van der Waals surface area contributed by atoms with Crippen molar-refractivity contribution in [1.82, 2.24) is 0 Å². The number of methoxy groups -OCH3 is 1. The Morgan fingerprint density at radius 2 is 1.83 bits per heavy atom. The van der Waals surface area contributed by atoms with E-state index in [9.17, 15) is 0 Å². The number of hydrogen-bond donors (Lipinski definition) is 1. The molecule has 0 saturated carbocycles. The minimum atomic E-state index is -0.298. The van der Waals surface area contributed by atoms with Gasteiger partial charge in [-0.15, -0.1) is 0 Å². The summed E-state index contributed by atoms with van der Waals surface area (Å²) in [5.74, 6) is 2.47. The van der Waals surface area contributed by atoms with E-state index in [-0.39, 0.29) is 6.04 Å². The Morgan fingerprint density at radius 3 is 2.39 bits per heavy atom. The van der Waals surface area contributed by atoms with E-state index >= 15 is 0 Å². The minimum Gasteiger partial charge on any atom is -0.496 e. The second-order valence-electron chi connectivity index (χ2n) is 4.56. The quantitative estimate of drug-likeness (QED) is 0.902. The molecule has 0 aliphatic rings. The molecule has 1 aromatic heterocycles. The number of aryl methyl sites for hydroxylation is 2. The van der Waals surface area contributed by atoms with Gasteiger partial charge in [0.1, 0.15) is 17.3 Å². The molecular weight excluding hydrogens is 226 g/mol. The van der Waals surface area contributed by atoms with Gasteiger partial charge in [0, 0.05) is 5.56 Å². The van der Waals surface area contributed by atoms with Gasteiger partial charge in [0.25, 0.3) is 0 Å². The van der Waals surface area contributed by atoms with Crippen molar-refractivity contribution >= 4 is 0 Å². The molecule has 1 atom stereocenters. The summed E-state index contributed by atoms with van der Waals surface area (Å²) in [6.45, 7) is 6.01. The van der Waals surface area contributed by atoms with Crippen LogP contribution in [0.25, 0.3) is 0 Å². The van der Waals surface area contributed by atoms with E-state index in [2.05, 4.69) is 13.0 Å². The van der Waals surface area contributed by atoms with Gasteiger partial charge in [0.15, 0.2) is 0 Å². The first kappa shape index (κ1) is 12.7. The van der Waals surface area contributed by atoms with Gasteiger partial charge >= 0.3 is 0 Å². The Bertz CT molecular complexity index is 558. The van der Waals surface area contributed by atoms with Crippen molar-refractivity contribution in [3.8, 4) is 5.75 Å². The highest BCUT2D eigenvalue weighted by Gasteiger charge is 2.19. The maximum Gasteiger partial charge on any atom is 0.127 e. The molecule has 0 aliphatic heterocycles. The highest BCUT2D eigenvalue weighted by molar-refractivity contribution is 5.48. The standard InChI is InChI=1S/C15H19NO2/c1-9-5-7-12(15(17-4)11(9)3)14(16)13-8-6-10(2)18-13/h5-8,14H,16H2,1-4H3. The second-order valence-corrected chi connectivity index (χ2v) is 4.56. The third-order valence-corrected chi connectivity index (χ3v) is 3.31. The molecule has 96 valence electrons. The maximum absolute atomic E-state index is 6.25. The maximum atomic E-state index is 6.25. The summed E-state index contributed by atoms with van der Waals surface area (Å²) in [7, 11) is 1.67. The summed E-state index contributed by atoms with van der Waals surface area (Å²) in [4.78, 5) is 0. The van der Waals surface area contributed by atoms with Crippen molar-refractivity contribution in [3.05, 3.63) is 52.5 Å². The summed E-state index contributed by atoms with van der Waals surface area (Å²) >= 11 is 0. The van der Waals surface area contributed by atoms with E-state index in [4.69, 9.17) is 14.9 Å². The molecule has 0 amide bonds. The lowest BCUT2D eigenvalue weighted by molar-refractivity contribution is 0.398. The van der Waals surface area contributed by atoms with Gasteiger partial charge < -0.3 is 14.9 Å². The number of nitrogens with two attached hydrogens (primary N) is 1. The van der Waals surface area contributed by atoms with Gasteiger partial charge in [-0.05, 0) is 44.0 Å². The SMILES string of the molecule is COc1c(C(N)c2ccc(C)o2)ccc(C)c1C. The second kappa shape index (κ2) is 4.86. The zero-order valence-electron chi connectivity index (χ0n) is 11.3. The van der Waals surface area contributed by atoms with Crippen LogP contribution in [0.2, 0.25) is 0 Å². The summed E-state index contributed by atoms with van der Waals surface area (Å²) < 4.78 is 11.1. The van der Waals surface area contributed by atoms with Crippen molar-refractivity contribution in [2.24, 2.45) is 5.73 Å². The molecule has 0 fully saturated rings. The fourth-order valence-corrected chi connectivity index (χ4v) is 2.10. The largest absolute Gasteiger partial charge is 0.496 e. The Morgan fingerprint density at radius 1 is 1.11 bits per heavy atom. The highest BCUT2D eigenvalue weighted by atomic mass is 16.5. The third-order valence-electron chi connectivity index (χ3n) is 3.31. The van der Waals surface area contributed by atoms with Crippen LogP contribution >= 0.6 is 0 Å². The van der Waals surface area contributed by atoms with Gasteiger partial charge in [-0.2, -0.15) is 0 Å². The van der Waals surface area contributed by atoms with Crippen molar-refractivity contribution in [2.75, 3.05) is 7.11 Å². The molecule has 0 radical (unpaired) electrons. The summed E-state index contributed by atoms with van der Waals surface area (Å²) in [5.41, 5.74) is 9.52. The summed E-state index contributed by atoms with van der Waals surface area (Å²) in [5, 5.41) is 0. The summed E-state index contributed by atoms with van der Waals surface area (Å²) in [6, 6.07) is 7.59. The smallest absolute Gasteiger partial charge is 0.127 e. The molecule has 3 heteroatoms. The molecule has 0 aliphatic carbocycles. The predicted molar refractivity (Wildman–Crippen MR) is 71.9 cm³/mol. The molecule has 2 rings (SSSR count). The van der Waals surface area contributed by atoms with E-state index in [0.717, 1.165) is 28.4 Å². The lowest BCUT2D eigenvalue weighted by Crippen LogP contribution is -2.13. The molecule has 2 aromatic rings. The fraction of sp³-hybridized carbons (Fsp3) is 0.333. The van der Waals surface area contributed by atoms with Crippen molar-refractivity contribution in [1.29, 1.82) is 0 Å². The molecule has 0 bridgehead atoms. The van der Waals surface area contributed by atoms with Crippen molar-refractivity contribution in [3.63, 3.8) is 0 Å². The van der Waals surface area contributed by atoms with Crippen LogP contribution in [-0.4, -0.2) is 7.11 Å². The zero-order chi connectivity index (χ0) is 13.3. The van der Waals surface area contributed by atoms with E-state index in [1.54, 1.807) is 7.11 Å². The zero-order valence-corrected chi connectivity index (χ0v) is 11.3. The van der Waals surface area contributed by atoms with Crippen LogP contribution in [0.5, 0.6) is 5.75 Å². The van der Waals surface area contributed by atoms with Crippen molar-refractivity contribution < 1.29 is 9.15 Å². The number of benzene rings is 1. The Hall–Kier alpha value is -1.74. The molecule has 0 spiro atoms. The Balaban J connectivity index is 2.48. The van der Waals surface area contributed by atoms with Crippen LogP contribution in [0.1, 0.15) is 34.3 Å². The number of furan rings is 1. The van der Waals surface area contributed by atoms with Crippen LogP contribution in [0.4, 0.5) is 0 Å².